The molecule has 11 heteroatoms. The molecule has 246 valence electrons. The van der Waals surface area contributed by atoms with Crippen molar-refractivity contribution in [3.8, 4) is 0 Å². The van der Waals surface area contributed by atoms with Gasteiger partial charge >= 0.3 is 6.03 Å². The Morgan fingerprint density at radius 3 is 2.11 bits per heavy atom. The Kier molecular flexibility index (Phi) is 11.5. The lowest BCUT2D eigenvalue weighted by Crippen LogP contribution is -2.50. The van der Waals surface area contributed by atoms with E-state index in [1.165, 1.54) is 54.2 Å². The van der Waals surface area contributed by atoms with Crippen molar-refractivity contribution >= 4 is 33.5 Å². The summed E-state index contributed by atoms with van der Waals surface area (Å²) in [7, 11) is -1.89. The first-order chi connectivity index (χ1) is 20.8. The van der Waals surface area contributed by atoms with E-state index in [4.69, 9.17) is 15.5 Å². The number of anilines is 1. The Hall–Kier alpha value is -2.50. The van der Waals surface area contributed by atoms with Gasteiger partial charge in [0.15, 0.2) is 0 Å². The number of amidine groups is 1. The molecule has 4 rings (SSSR count). The van der Waals surface area contributed by atoms with Crippen molar-refractivity contribution in [1.29, 1.82) is 0 Å². The summed E-state index contributed by atoms with van der Waals surface area (Å²) in [6, 6.07) is 3.16. The molecule has 2 fully saturated rings. The van der Waals surface area contributed by atoms with E-state index in [1.54, 1.807) is 7.05 Å². The van der Waals surface area contributed by atoms with Crippen LogP contribution in [0.25, 0.3) is 0 Å². The van der Waals surface area contributed by atoms with E-state index in [2.05, 4.69) is 12.2 Å². The molecule has 0 atom stereocenters. The van der Waals surface area contributed by atoms with E-state index < -0.39 is 21.6 Å². The number of piperidine rings is 1. The number of unbranched alkanes of at least 4 members (excludes halogenated alkanes) is 7. The Bertz CT molecular complexity index is 1290. The van der Waals surface area contributed by atoms with E-state index >= 15 is 0 Å². The van der Waals surface area contributed by atoms with Crippen LogP contribution in [0.3, 0.4) is 0 Å². The lowest BCUT2D eigenvalue weighted by molar-refractivity contribution is -0.124. The van der Waals surface area contributed by atoms with Crippen LogP contribution < -0.4 is 16.0 Å². The minimum Gasteiger partial charge on any atom is -0.380 e. The molecule has 3 heterocycles. The van der Waals surface area contributed by atoms with Gasteiger partial charge in [-0.1, -0.05) is 51.9 Å². The van der Waals surface area contributed by atoms with E-state index in [-0.39, 0.29) is 11.7 Å². The van der Waals surface area contributed by atoms with Gasteiger partial charge in [0.25, 0.3) is 5.91 Å². The molecule has 3 N–H and O–H groups in total. The lowest BCUT2D eigenvalue weighted by Gasteiger charge is -2.38. The Labute approximate surface area is 264 Å². The Morgan fingerprint density at radius 2 is 1.57 bits per heavy atom. The molecule has 0 saturated carbocycles. The van der Waals surface area contributed by atoms with Crippen LogP contribution in [-0.2, 0) is 26.0 Å². The summed E-state index contributed by atoms with van der Waals surface area (Å²) in [5.74, 6) is 0.665. The summed E-state index contributed by atoms with van der Waals surface area (Å²) in [6.45, 7) is 8.60. The molecule has 44 heavy (non-hydrogen) atoms. The number of hydrogen-bond acceptors (Lipinski definition) is 6. The van der Waals surface area contributed by atoms with Crippen LogP contribution >= 0.6 is 0 Å². The Balaban J connectivity index is 1.16. The van der Waals surface area contributed by atoms with Crippen LogP contribution in [0, 0.1) is 19.3 Å². The number of carbonyl (C=O) groups is 2. The zero-order valence-electron chi connectivity index (χ0n) is 27.3. The van der Waals surface area contributed by atoms with Crippen LogP contribution in [0.5, 0.6) is 0 Å². The number of sulfonamides is 1. The zero-order valence-corrected chi connectivity index (χ0v) is 28.1. The maximum atomic E-state index is 13.3. The van der Waals surface area contributed by atoms with Crippen molar-refractivity contribution in [2.75, 3.05) is 44.0 Å². The normalized spacial score (nSPS) is 19.5. The molecule has 3 amide bonds. The second-order valence-electron chi connectivity index (χ2n) is 13.6. The number of primary amides is 1. The van der Waals surface area contributed by atoms with Crippen LogP contribution in [0.2, 0.25) is 0 Å². The van der Waals surface area contributed by atoms with Crippen LogP contribution in [0.4, 0.5) is 10.5 Å². The molecule has 0 bridgehead atoms. The highest BCUT2D eigenvalue weighted by Gasteiger charge is 2.47. The second-order valence-corrected chi connectivity index (χ2v) is 15.7. The third-order valence-corrected chi connectivity index (χ3v) is 11.7. The summed E-state index contributed by atoms with van der Waals surface area (Å²) < 4.78 is 33.4. The van der Waals surface area contributed by atoms with E-state index in [9.17, 15) is 18.0 Å². The first-order valence-electron chi connectivity index (χ1n) is 16.4. The van der Waals surface area contributed by atoms with Crippen LogP contribution in [0.1, 0.15) is 101 Å². The highest BCUT2D eigenvalue weighted by molar-refractivity contribution is 7.89. The van der Waals surface area contributed by atoms with Crippen LogP contribution in [0.15, 0.2) is 17.1 Å². The molecule has 1 spiro atoms. The standard InChI is InChI=1S/C33H53N5O5S/c1-25-21-27(37(4)31(34)40)22-26(2)28(25)14-20-44(41,42)38-18-16-33(17-19-38)30(39)35-29(36-33)13-11-9-7-5-6-8-10-12-15-32(3)23-43-24-32/h21-22H,5-20,23-24H2,1-4H3,(H2,34,40)(H,35,36,39). The number of amides is 3. The number of carbonyl (C=O) groups excluding carboxylic acids is 2. The molecule has 1 aromatic rings. The minimum atomic E-state index is -3.50. The fourth-order valence-corrected chi connectivity index (χ4v) is 8.18. The molecule has 1 aromatic carbocycles. The highest BCUT2D eigenvalue weighted by atomic mass is 32.2. The van der Waals surface area contributed by atoms with Gasteiger partial charge in [0, 0.05) is 37.7 Å². The summed E-state index contributed by atoms with van der Waals surface area (Å²) in [5.41, 5.74) is 8.48. The molecule has 0 aliphatic carbocycles. The van der Waals surface area contributed by atoms with Crippen molar-refractivity contribution < 1.29 is 22.7 Å². The van der Waals surface area contributed by atoms with Gasteiger partial charge in [-0.25, -0.2) is 17.5 Å². The maximum Gasteiger partial charge on any atom is 0.318 e. The summed E-state index contributed by atoms with van der Waals surface area (Å²) in [5, 5.41) is 3.00. The lowest BCUT2D eigenvalue weighted by atomic mass is 9.83. The fraction of sp³-hybridized carbons (Fsp3) is 0.727. The number of aryl methyl sites for hydroxylation is 2. The summed E-state index contributed by atoms with van der Waals surface area (Å²) in [6.07, 6.45) is 13.0. The third-order valence-electron chi connectivity index (χ3n) is 9.83. The minimum absolute atomic E-state index is 0.0116. The van der Waals surface area contributed by atoms with Crippen molar-refractivity contribution in [3.05, 3.63) is 28.8 Å². The Morgan fingerprint density at radius 1 is 1.00 bits per heavy atom. The van der Waals surface area contributed by atoms with E-state index in [1.807, 2.05) is 26.0 Å². The summed E-state index contributed by atoms with van der Waals surface area (Å²) in [4.78, 5) is 30.7. The van der Waals surface area contributed by atoms with Gasteiger partial charge in [0.2, 0.25) is 10.0 Å². The number of nitrogens with zero attached hydrogens (tertiary/aromatic N) is 3. The van der Waals surface area contributed by atoms with Gasteiger partial charge in [-0.3, -0.25) is 14.7 Å². The molecular weight excluding hydrogens is 578 g/mol. The molecular formula is C33H53N5O5S. The molecule has 0 aromatic heterocycles. The average Bonchev–Trinajstić information content (AvgIpc) is 3.25. The first-order valence-corrected chi connectivity index (χ1v) is 18.0. The number of hydrogen-bond donors (Lipinski definition) is 2. The van der Waals surface area contributed by atoms with Crippen molar-refractivity contribution in [1.82, 2.24) is 9.62 Å². The third kappa shape index (κ3) is 8.60. The molecule has 10 nitrogen and oxygen atoms in total. The second kappa shape index (κ2) is 14.7. The molecule has 3 aliphatic heterocycles. The largest absolute Gasteiger partial charge is 0.380 e. The van der Waals surface area contributed by atoms with Gasteiger partial charge in [0.1, 0.15) is 11.4 Å². The van der Waals surface area contributed by atoms with Crippen molar-refractivity contribution in [2.45, 2.75) is 110 Å². The SMILES string of the molecule is Cc1cc(N(C)C(N)=O)cc(C)c1CCS(=O)(=O)N1CCC2(CC1)N=C(CCCCCCCCCCC1(C)COC1)NC2=O. The van der Waals surface area contributed by atoms with Crippen molar-refractivity contribution in [3.63, 3.8) is 0 Å². The van der Waals surface area contributed by atoms with Crippen molar-refractivity contribution in [2.24, 2.45) is 16.1 Å². The van der Waals surface area contributed by atoms with Gasteiger partial charge in [-0.15, -0.1) is 0 Å². The molecule has 2 saturated heterocycles. The fourth-order valence-electron chi connectivity index (χ4n) is 6.72. The number of aliphatic imine (C=N–C) groups is 1. The maximum absolute atomic E-state index is 13.3. The van der Waals surface area contributed by atoms with Gasteiger partial charge in [-0.05, 0) is 74.8 Å². The van der Waals surface area contributed by atoms with Gasteiger partial charge < -0.3 is 15.8 Å². The quantitative estimate of drug-likeness (QED) is 0.248. The number of urea groups is 1. The van der Waals surface area contributed by atoms with Crippen LogP contribution in [-0.4, -0.2) is 75.1 Å². The molecule has 3 aliphatic rings. The van der Waals surface area contributed by atoms with E-state index in [0.717, 1.165) is 55.0 Å². The zero-order chi connectivity index (χ0) is 32.0. The highest BCUT2D eigenvalue weighted by Crippen LogP contribution is 2.34. The number of nitrogens with one attached hydrogen (secondary N) is 1. The molecule has 0 radical (unpaired) electrons. The summed E-state index contributed by atoms with van der Waals surface area (Å²) >= 11 is 0. The number of rotatable bonds is 16. The first kappa shape index (κ1) is 34.4. The smallest absolute Gasteiger partial charge is 0.318 e. The number of benzene rings is 1. The monoisotopic (exact) mass is 631 g/mol. The molecule has 0 unspecified atom stereocenters. The average molecular weight is 632 g/mol. The predicted octanol–water partition coefficient (Wildman–Crippen LogP) is 4.99. The van der Waals surface area contributed by atoms with E-state index in [0.29, 0.717) is 43.5 Å². The number of nitrogens with two attached hydrogens (primary N) is 1. The number of ether oxygens (including phenoxy) is 1. The van der Waals surface area contributed by atoms with Gasteiger partial charge in [0.05, 0.1) is 19.0 Å². The topological polar surface area (TPSA) is 134 Å². The van der Waals surface area contributed by atoms with Gasteiger partial charge in [-0.2, -0.15) is 0 Å². The predicted molar refractivity (Wildman–Crippen MR) is 176 cm³/mol.